The fourth-order valence-corrected chi connectivity index (χ4v) is 1.41. The van der Waals surface area contributed by atoms with Gasteiger partial charge in [0.25, 0.3) is 0 Å². The molecule has 2 rings (SSSR count). The van der Waals surface area contributed by atoms with Gasteiger partial charge in [0.05, 0.1) is 5.60 Å². The summed E-state index contributed by atoms with van der Waals surface area (Å²) in [5.74, 6) is 1.26. The number of hydrogen-bond donors (Lipinski definition) is 1. The highest BCUT2D eigenvalue weighted by molar-refractivity contribution is 5.28. The van der Waals surface area contributed by atoms with Crippen LogP contribution < -0.4 is 4.74 Å². The summed E-state index contributed by atoms with van der Waals surface area (Å²) in [5.41, 5.74) is -0.115. The molecule has 0 unspecified atom stereocenters. The molecular weight excluding hydrogens is 214 g/mol. The number of pyridine rings is 1. The zero-order valence-corrected chi connectivity index (χ0v) is 9.92. The first-order chi connectivity index (χ1) is 8.05. The van der Waals surface area contributed by atoms with Crippen LogP contribution in [0.15, 0.2) is 48.7 Å². The van der Waals surface area contributed by atoms with Crippen molar-refractivity contribution in [2.75, 3.05) is 0 Å². The van der Waals surface area contributed by atoms with E-state index in [1.165, 1.54) is 0 Å². The van der Waals surface area contributed by atoms with Crippen molar-refractivity contribution in [3.63, 3.8) is 0 Å². The van der Waals surface area contributed by atoms with Crippen molar-refractivity contribution in [2.45, 2.75) is 19.4 Å². The Morgan fingerprint density at radius 3 is 2.29 bits per heavy atom. The third-order valence-electron chi connectivity index (χ3n) is 2.41. The van der Waals surface area contributed by atoms with Gasteiger partial charge in [-0.3, -0.25) is 0 Å². The topological polar surface area (TPSA) is 42.4 Å². The van der Waals surface area contributed by atoms with Crippen molar-refractivity contribution >= 4 is 0 Å². The average Bonchev–Trinajstić information content (AvgIpc) is 2.30. The monoisotopic (exact) mass is 229 g/mol. The first-order valence-corrected chi connectivity index (χ1v) is 5.47. The molecule has 0 aliphatic rings. The van der Waals surface area contributed by atoms with Gasteiger partial charge in [-0.05, 0) is 32.0 Å². The number of ether oxygens (including phenoxy) is 1. The number of rotatable bonds is 3. The summed E-state index contributed by atoms with van der Waals surface area (Å²) in [4.78, 5) is 4.16. The van der Waals surface area contributed by atoms with Crippen LogP contribution in [0, 0.1) is 0 Å². The van der Waals surface area contributed by atoms with E-state index < -0.39 is 5.60 Å². The summed E-state index contributed by atoms with van der Waals surface area (Å²) in [6.45, 7) is 3.45. The Labute approximate surface area is 101 Å². The lowest BCUT2D eigenvalue weighted by Gasteiger charge is -2.17. The first kappa shape index (κ1) is 11.6. The van der Waals surface area contributed by atoms with Crippen molar-refractivity contribution in [3.05, 3.63) is 54.2 Å². The van der Waals surface area contributed by atoms with Crippen LogP contribution in [0.5, 0.6) is 11.6 Å². The molecule has 1 aromatic heterocycles. The summed E-state index contributed by atoms with van der Waals surface area (Å²) in [6, 6.07) is 13.0. The highest BCUT2D eigenvalue weighted by atomic mass is 16.5. The molecule has 0 aliphatic heterocycles. The lowest BCUT2D eigenvalue weighted by Crippen LogP contribution is -2.15. The van der Waals surface area contributed by atoms with Gasteiger partial charge in [-0.15, -0.1) is 0 Å². The van der Waals surface area contributed by atoms with Gasteiger partial charge in [-0.2, -0.15) is 0 Å². The van der Waals surface area contributed by atoms with Crippen LogP contribution in [0.25, 0.3) is 0 Å². The standard InChI is InChI=1S/C14H15NO2/c1-14(2,16)11-8-9-13(15-10-11)17-12-6-4-3-5-7-12/h3-10,16H,1-2H3. The molecule has 1 N–H and O–H groups in total. The van der Waals surface area contributed by atoms with Gasteiger partial charge in [-0.1, -0.05) is 18.2 Å². The largest absolute Gasteiger partial charge is 0.439 e. The maximum atomic E-state index is 9.79. The van der Waals surface area contributed by atoms with E-state index in [9.17, 15) is 5.11 Å². The minimum Gasteiger partial charge on any atom is -0.439 e. The molecule has 1 heterocycles. The second-order valence-electron chi connectivity index (χ2n) is 4.36. The minimum atomic E-state index is -0.877. The maximum absolute atomic E-state index is 9.79. The number of para-hydroxylation sites is 1. The molecule has 0 fully saturated rings. The summed E-state index contributed by atoms with van der Waals surface area (Å²) in [6.07, 6.45) is 1.62. The molecule has 88 valence electrons. The van der Waals surface area contributed by atoms with Crippen molar-refractivity contribution in [1.29, 1.82) is 0 Å². The van der Waals surface area contributed by atoms with E-state index >= 15 is 0 Å². The fourth-order valence-electron chi connectivity index (χ4n) is 1.41. The van der Waals surface area contributed by atoms with Gasteiger partial charge in [0.1, 0.15) is 5.75 Å². The normalized spacial score (nSPS) is 11.2. The molecule has 0 bridgehead atoms. The summed E-state index contributed by atoms with van der Waals surface area (Å²) < 4.78 is 5.55. The molecule has 1 aromatic carbocycles. The molecule has 0 amide bonds. The SMILES string of the molecule is CC(C)(O)c1ccc(Oc2ccccc2)nc1. The Bertz CT molecular complexity index is 472. The quantitative estimate of drug-likeness (QED) is 0.879. The number of nitrogens with zero attached hydrogens (tertiary/aromatic N) is 1. The third-order valence-corrected chi connectivity index (χ3v) is 2.41. The van der Waals surface area contributed by atoms with Gasteiger partial charge >= 0.3 is 0 Å². The molecule has 0 saturated carbocycles. The molecule has 3 heteroatoms. The van der Waals surface area contributed by atoms with Gasteiger partial charge in [0, 0.05) is 17.8 Å². The highest BCUT2D eigenvalue weighted by Gasteiger charge is 2.16. The molecular formula is C14H15NO2. The Morgan fingerprint density at radius 2 is 1.76 bits per heavy atom. The Morgan fingerprint density at radius 1 is 1.06 bits per heavy atom. The van der Waals surface area contributed by atoms with Crippen molar-refractivity contribution in [1.82, 2.24) is 4.98 Å². The van der Waals surface area contributed by atoms with E-state index in [0.717, 1.165) is 11.3 Å². The molecule has 3 nitrogen and oxygen atoms in total. The van der Waals surface area contributed by atoms with Crippen LogP contribution in [0.3, 0.4) is 0 Å². The number of benzene rings is 1. The Balaban J connectivity index is 2.14. The van der Waals surface area contributed by atoms with E-state index in [0.29, 0.717) is 5.88 Å². The van der Waals surface area contributed by atoms with Gasteiger partial charge in [0.15, 0.2) is 0 Å². The summed E-state index contributed by atoms with van der Waals surface area (Å²) >= 11 is 0. The van der Waals surface area contributed by atoms with Crippen LogP contribution >= 0.6 is 0 Å². The van der Waals surface area contributed by atoms with Crippen LogP contribution in [-0.4, -0.2) is 10.1 Å². The van der Waals surface area contributed by atoms with E-state index in [4.69, 9.17) is 4.74 Å². The van der Waals surface area contributed by atoms with Crippen LogP contribution in [0.2, 0.25) is 0 Å². The summed E-state index contributed by atoms with van der Waals surface area (Å²) in [5, 5.41) is 9.79. The Hall–Kier alpha value is -1.87. The van der Waals surface area contributed by atoms with E-state index in [1.54, 1.807) is 26.1 Å². The predicted molar refractivity (Wildman–Crippen MR) is 66.0 cm³/mol. The molecule has 0 atom stereocenters. The van der Waals surface area contributed by atoms with E-state index in [1.807, 2.05) is 36.4 Å². The predicted octanol–water partition coefficient (Wildman–Crippen LogP) is 3.10. The zero-order chi connectivity index (χ0) is 12.3. The second-order valence-corrected chi connectivity index (χ2v) is 4.36. The average molecular weight is 229 g/mol. The second kappa shape index (κ2) is 4.55. The molecule has 0 aliphatic carbocycles. The van der Waals surface area contributed by atoms with Crippen molar-refractivity contribution < 1.29 is 9.84 Å². The van der Waals surface area contributed by atoms with Crippen LogP contribution in [0.1, 0.15) is 19.4 Å². The fraction of sp³-hybridized carbons (Fsp3) is 0.214. The maximum Gasteiger partial charge on any atom is 0.219 e. The first-order valence-electron chi connectivity index (χ1n) is 5.47. The van der Waals surface area contributed by atoms with E-state index in [-0.39, 0.29) is 0 Å². The lowest BCUT2D eigenvalue weighted by molar-refractivity contribution is 0.0781. The molecule has 17 heavy (non-hydrogen) atoms. The minimum absolute atomic E-state index is 0.518. The van der Waals surface area contributed by atoms with Gasteiger partial charge < -0.3 is 9.84 Å². The smallest absolute Gasteiger partial charge is 0.219 e. The van der Waals surface area contributed by atoms with Crippen LogP contribution in [0.4, 0.5) is 0 Å². The highest BCUT2D eigenvalue weighted by Crippen LogP contribution is 2.23. The van der Waals surface area contributed by atoms with Crippen molar-refractivity contribution in [3.8, 4) is 11.6 Å². The summed E-state index contributed by atoms with van der Waals surface area (Å²) in [7, 11) is 0. The number of hydrogen-bond acceptors (Lipinski definition) is 3. The number of aliphatic hydroxyl groups is 1. The molecule has 0 spiro atoms. The lowest BCUT2D eigenvalue weighted by atomic mass is 10.0. The van der Waals surface area contributed by atoms with Crippen molar-refractivity contribution in [2.24, 2.45) is 0 Å². The van der Waals surface area contributed by atoms with Crippen LogP contribution in [-0.2, 0) is 5.60 Å². The number of aromatic nitrogens is 1. The molecule has 0 saturated heterocycles. The van der Waals surface area contributed by atoms with Gasteiger partial charge in [0.2, 0.25) is 5.88 Å². The molecule has 0 radical (unpaired) electrons. The van der Waals surface area contributed by atoms with E-state index in [2.05, 4.69) is 4.98 Å². The molecule has 2 aromatic rings. The third kappa shape index (κ3) is 3.04. The zero-order valence-electron chi connectivity index (χ0n) is 9.92. The Kier molecular flexibility index (Phi) is 3.11. The van der Waals surface area contributed by atoms with Gasteiger partial charge in [-0.25, -0.2) is 4.98 Å².